The van der Waals surface area contributed by atoms with Crippen molar-refractivity contribution in [1.82, 2.24) is 0 Å². The lowest BCUT2D eigenvalue weighted by Crippen LogP contribution is -1.96. The van der Waals surface area contributed by atoms with Crippen LogP contribution in [-0.4, -0.2) is 26.4 Å². The number of allylic oxidation sites excluding steroid dienone is 1. The van der Waals surface area contributed by atoms with Gasteiger partial charge in [-0.3, -0.25) is 0 Å². The van der Waals surface area contributed by atoms with E-state index >= 15 is 0 Å². The topological polar surface area (TPSA) is 47.9 Å². The van der Waals surface area contributed by atoms with Crippen LogP contribution in [-0.2, 0) is 0 Å². The Kier molecular flexibility index (Phi) is 4.05. The first-order valence-corrected chi connectivity index (χ1v) is 4.84. The summed E-state index contributed by atoms with van der Waals surface area (Å²) in [6.45, 7) is 1.89. The van der Waals surface area contributed by atoms with E-state index in [1.54, 1.807) is 6.07 Å². The second kappa shape index (κ2) is 5.30. The zero-order valence-corrected chi connectivity index (χ0v) is 9.90. The first-order chi connectivity index (χ1) is 7.69. The molecule has 1 aromatic carbocycles. The maximum absolute atomic E-state index is 9.84. The number of hydrogen-bond acceptors (Lipinski definition) is 4. The van der Waals surface area contributed by atoms with Gasteiger partial charge >= 0.3 is 0 Å². The van der Waals surface area contributed by atoms with Gasteiger partial charge in [-0.1, -0.05) is 12.2 Å². The van der Waals surface area contributed by atoms with Crippen LogP contribution in [0.1, 0.15) is 12.5 Å². The van der Waals surface area contributed by atoms with Crippen LogP contribution in [0.4, 0.5) is 0 Å². The van der Waals surface area contributed by atoms with Crippen molar-refractivity contribution in [3.05, 3.63) is 17.7 Å². The highest BCUT2D eigenvalue weighted by molar-refractivity contribution is 5.70. The number of hydrogen-bond donors (Lipinski definition) is 1. The van der Waals surface area contributed by atoms with E-state index in [2.05, 4.69) is 0 Å². The quantitative estimate of drug-likeness (QED) is 0.853. The highest BCUT2D eigenvalue weighted by Gasteiger charge is 2.18. The maximum Gasteiger partial charge on any atom is 0.207 e. The summed E-state index contributed by atoms with van der Waals surface area (Å²) in [6.07, 6.45) is 3.72. The monoisotopic (exact) mass is 224 g/mol. The molecule has 4 heteroatoms. The standard InChI is InChI=1S/C12H16O4/c1-5-6-8-7-9(14-2)10(13)12(16-4)11(8)15-3/h5-7,13H,1-4H3. The zero-order chi connectivity index (χ0) is 12.1. The molecule has 0 aromatic heterocycles. The third-order valence-electron chi connectivity index (χ3n) is 2.18. The minimum atomic E-state index is -0.0601. The first-order valence-electron chi connectivity index (χ1n) is 4.84. The van der Waals surface area contributed by atoms with E-state index < -0.39 is 0 Å². The molecule has 0 aliphatic carbocycles. The van der Waals surface area contributed by atoms with Crippen LogP contribution in [0.25, 0.3) is 6.08 Å². The Morgan fingerprint density at radius 2 is 1.69 bits per heavy atom. The van der Waals surface area contributed by atoms with E-state index in [1.165, 1.54) is 21.3 Å². The van der Waals surface area contributed by atoms with E-state index in [1.807, 2.05) is 19.1 Å². The molecule has 0 aliphatic rings. The number of benzene rings is 1. The molecule has 0 saturated carbocycles. The summed E-state index contributed by atoms with van der Waals surface area (Å²) in [6, 6.07) is 1.69. The van der Waals surface area contributed by atoms with Gasteiger partial charge in [0, 0.05) is 5.56 Å². The van der Waals surface area contributed by atoms with E-state index in [4.69, 9.17) is 14.2 Å². The highest BCUT2D eigenvalue weighted by Crippen LogP contribution is 2.46. The molecule has 1 N–H and O–H groups in total. The van der Waals surface area contributed by atoms with Gasteiger partial charge < -0.3 is 19.3 Å². The lowest BCUT2D eigenvalue weighted by Gasteiger charge is -2.14. The molecule has 0 amide bonds. The van der Waals surface area contributed by atoms with E-state index in [9.17, 15) is 5.11 Å². The van der Waals surface area contributed by atoms with Crippen LogP contribution in [0, 0.1) is 0 Å². The molecule has 0 aliphatic heterocycles. The Hall–Kier alpha value is -1.84. The van der Waals surface area contributed by atoms with Gasteiger partial charge in [-0.15, -0.1) is 0 Å². The van der Waals surface area contributed by atoms with Gasteiger partial charge in [-0.2, -0.15) is 0 Å². The SMILES string of the molecule is CC=Cc1cc(OC)c(O)c(OC)c1OC. The summed E-state index contributed by atoms with van der Waals surface area (Å²) in [5, 5.41) is 9.84. The fraction of sp³-hybridized carbons (Fsp3) is 0.333. The molecule has 0 heterocycles. The normalized spacial score (nSPS) is 10.5. The Morgan fingerprint density at radius 1 is 1.06 bits per heavy atom. The van der Waals surface area contributed by atoms with Gasteiger partial charge in [0.2, 0.25) is 11.5 Å². The fourth-order valence-corrected chi connectivity index (χ4v) is 1.48. The Morgan fingerprint density at radius 3 is 2.12 bits per heavy atom. The summed E-state index contributed by atoms with van der Waals surface area (Å²) < 4.78 is 15.4. The fourth-order valence-electron chi connectivity index (χ4n) is 1.48. The molecule has 0 radical (unpaired) electrons. The minimum Gasteiger partial charge on any atom is -0.502 e. The average Bonchev–Trinajstić information content (AvgIpc) is 2.30. The Labute approximate surface area is 95.1 Å². The predicted molar refractivity (Wildman–Crippen MR) is 62.5 cm³/mol. The zero-order valence-electron chi connectivity index (χ0n) is 9.90. The van der Waals surface area contributed by atoms with Crippen LogP contribution < -0.4 is 14.2 Å². The van der Waals surface area contributed by atoms with Gasteiger partial charge in [0.1, 0.15) is 0 Å². The molecular weight excluding hydrogens is 208 g/mol. The molecule has 0 fully saturated rings. The van der Waals surface area contributed by atoms with Crippen molar-refractivity contribution in [1.29, 1.82) is 0 Å². The van der Waals surface area contributed by atoms with Crippen molar-refractivity contribution in [2.75, 3.05) is 21.3 Å². The van der Waals surface area contributed by atoms with Gasteiger partial charge in [0.25, 0.3) is 0 Å². The van der Waals surface area contributed by atoms with Crippen LogP contribution in [0.5, 0.6) is 23.0 Å². The van der Waals surface area contributed by atoms with Gasteiger partial charge in [0.15, 0.2) is 11.5 Å². The van der Waals surface area contributed by atoms with E-state index in [0.29, 0.717) is 11.5 Å². The smallest absolute Gasteiger partial charge is 0.207 e. The summed E-state index contributed by atoms with van der Waals surface area (Å²) >= 11 is 0. The molecule has 88 valence electrons. The van der Waals surface area contributed by atoms with E-state index in [0.717, 1.165) is 5.56 Å². The highest BCUT2D eigenvalue weighted by atomic mass is 16.5. The molecular formula is C12H16O4. The average molecular weight is 224 g/mol. The Balaban J connectivity index is 3.49. The molecule has 0 saturated heterocycles. The van der Waals surface area contributed by atoms with Crippen molar-refractivity contribution < 1.29 is 19.3 Å². The molecule has 4 nitrogen and oxygen atoms in total. The molecule has 16 heavy (non-hydrogen) atoms. The van der Waals surface area contributed by atoms with Crippen LogP contribution in [0.3, 0.4) is 0 Å². The summed E-state index contributed by atoms with van der Waals surface area (Å²) in [7, 11) is 4.48. The van der Waals surface area contributed by atoms with Crippen LogP contribution >= 0.6 is 0 Å². The molecule has 1 rings (SSSR count). The van der Waals surface area contributed by atoms with Gasteiger partial charge in [0.05, 0.1) is 21.3 Å². The van der Waals surface area contributed by atoms with Crippen molar-refractivity contribution in [3.63, 3.8) is 0 Å². The lowest BCUT2D eigenvalue weighted by atomic mass is 10.1. The summed E-state index contributed by atoms with van der Waals surface area (Å²) in [4.78, 5) is 0. The number of aromatic hydroxyl groups is 1. The van der Waals surface area contributed by atoms with Crippen molar-refractivity contribution in [2.45, 2.75) is 6.92 Å². The van der Waals surface area contributed by atoms with Crippen molar-refractivity contribution in [3.8, 4) is 23.0 Å². The molecule has 0 bridgehead atoms. The first kappa shape index (κ1) is 12.2. The van der Waals surface area contributed by atoms with Gasteiger partial charge in [-0.05, 0) is 13.0 Å². The second-order valence-corrected chi connectivity index (χ2v) is 3.08. The third kappa shape index (κ3) is 2.05. The maximum atomic E-state index is 9.84. The van der Waals surface area contributed by atoms with Crippen LogP contribution in [0.15, 0.2) is 12.1 Å². The van der Waals surface area contributed by atoms with Crippen LogP contribution in [0.2, 0.25) is 0 Å². The molecule has 0 unspecified atom stereocenters. The summed E-state index contributed by atoms with van der Waals surface area (Å²) in [5.74, 6) is 1.05. The number of phenolic OH excluding ortho intramolecular Hbond substituents is 1. The van der Waals surface area contributed by atoms with Crippen molar-refractivity contribution >= 4 is 6.08 Å². The largest absolute Gasteiger partial charge is 0.502 e. The van der Waals surface area contributed by atoms with E-state index in [-0.39, 0.29) is 11.5 Å². The molecule has 1 aromatic rings. The minimum absolute atomic E-state index is 0.0601. The molecule has 0 atom stereocenters. The number of rotatable bonds is 4. The number of ether oxygens (including phenoxy) is 3. The van der Waals surface area contributed by atoms with Crippen molar-refractivity contribution in [2.24, 2.45) is 0 Å². The third-order valence-corrected chi connectivity index (χ3v) is 2.18. The Bertz CT molecular complexity index is 396. The second-order valence-electron chi connectivity index (χ2n) is 3.08. The number of phenols is 1. The number of methoxy groups -OCH3 is 3. The van der Waals surface area contributed by atoms with Gasteiger partial charge in [-0.25, -0.2) is 0 Å². The predicted octanol–water partition coefficient (Wildman–Crippen LogP) is 2.45. The summed E-state index contributed by atoms with van der Waals surface area (Å²) in [5.41, 5.74) is 0.788. The molecule has 0 spiro atoms. The lowest BCUT2D eigenvalue weighted by molar-refractivity contribution is 0.315.